The number of aromatic nitrogens is 2. The fourth-order valence-electron chi connectivity index (χ4n) is 1.53. The summed E-state index contributed by atoms with van der Waals surface area (Å²) in [6, 6.07) is 4.41. The molecule has 6 heteroatoms. The summed E-state index contributed by atoms with van der Waals surface area (Å²) in [5.41, 5.74) is 0.282. The largest absolute Gasteiger partial charge is 0.478 e. The number of hydrogen-bond donors (Lipinski definition) is 1. The van der Waals surface area contributed by atoms with Crippen LogP contribution in [0.2, 0.25) is 0 Å². The number of aryl methyl sites for hydroxylation is 1. The quantitative estimate of drug-likeness (QED) is 0.927. The highest BCUT2D eigenvalue weighted by Gasteiger charge is 2.18. The molecular formula is C11H8BrFN2O2. The zero-order chi connectivity index (χ0) is 12.6. The third-order valence-electron chi connectivity index (χ3n) is 2.25. The van der Waals surface area contributed by atoms with Crippen LogP contribution in [0.4, 0.5) is 4.39 Å². The summed E-state index contributed by atoms with van der Waals surface area (Å²) in [6.07, 6.45) is 1.35. The molecule has 0 radical (unpaired) electrons. The highest BCUT2D eigenvalue weighted by atomic mass is 79.9. The molecule has 0 spiro atoms. The number of rotatable bonds is 2. The molecule has 0 aliphatic carbocycles. The van der Waals surface area contributed by atoms with Crippen LogP contribution in [0.25, 0.3) is 11.3 Å². The van der Waals surface area contributed by atoms with Gasteiger partial charge >= 0.3 is 5.97 Å². The Kier molecular flexibility index (Phi) is 2.97. The lowest BCUT2D eigenvalue weighted by molar-refractivity contribution is 0.0697. The van der Waals surface area contributed by atoms with E-state index in [0.29, 0.717) is 4.47 Å². The molecule has 0 atom stereocenters. The summed E-state index contributed by atoms with van der Waals surface area (Å²) in [5, 5.41) is 13.0. The lowest BCUT2D eigenvalue weighted by Gasteiger charge is -2.01. The van der Waals surface area contributed by atoms with Gasteiger partial charge in [-0.05, 0) is 18.2 Å². The Morgan fingerprint density at radius 3 is 2.82 bits per heavy atom. The molecule has 0 unspecified atom stereocenters. The van der Waals surface area contributed by atoms with Crippen LogP contribution in [-0.4, -0.2) is 20.9 Å². The molecule has 1 aromatic carbocycles. The highest BCUT2D eigenvalue weighted by molar-refractivity contribution is 9.10. The Labute approximate surface area is 105 Å². The summed E-state index contributed by atoms with van der Waals surface area (Å²) >= 11 is 3.14. The summed E-state index contributed by atoms with van der Waals surface area (Å²) in [5.74, 6) is -1.64. The lowest BCUT2D eigenvalue weighted by Crippen LogP contribution is -1.97. The van der Waals surface area contributed by atoms with Crippen molar-refractivity contribution in [3.63, 3.8) is 0 Å². The monoisotopic (exact) mass is 298 g/mol. The van der Waals surface area contributed by atoms with Gasteiger partial charge < -0.3 is 5.11 Å². The molecule has 0 saturated heterocycles. The van der Waals surface area contributed by atoms with Crippen molar-refractivity contribution in [3.05, 3.63) is 40.2 Å². The Hall–Kier alpha value is -1.69. The third-order valence-corrected chi connectivity index (χ3v) is 2.74. The van der Waals surface area contributed by atoms with Gasteiger partial charge in [0.25, 0.3) is 0 Å². The van der Waals surface area contributed by atoms with E-state index >= 15 is 0 Å². The van der Waals surface area contributed by atoms with Crippen LogP contribution >= 0.6 is 15.9 Å². The normalized spacial score (nSPS) is 10.5. The van der Waals surface area contributed by atoms with Crippen LogP contribution in [0.3, 0.4) is 0 Å². The maximum absolute atomic E-state index is 13.7. The molecule has 0 saturated carbocycles. The molecule has 0 aliphatic heterocycles. The molecule has 2 aromatic rings. The van der Waals surface area contributed by atoms with Crippen molar-refractivity contribution in [1.29, 1.82) is 0 Å². The molecule has 1 heterocycles. The van der Waals surface area contributed by atoms with E-state index in [1.807, 2.05) is 0 Å². The summed E-state index contributed by atoms with van der Waals surface area (Å²) in [6.45, 7) is 0. The number of nitrogens with zero attached hydrogens (tertiary/aromatic N) is 2. The second-order valence-corrected chi connectivity index (χ2v) is 4.41. The van der Waals surface area contributed by atoms with Crippen molar-refractivity contribution in [3.8, 4) is 11.3 Å². The fraction of sp³-hybridized carbons (Fsp3) is 0.0909. The molecule has 88 valence electrons. The molecule has 1 aromatic heterocycles. The van der Waals surface area contributed by atoms with Gasteiger partial charge in [-0.3, -0.25) is 4.68 Å². The van der Waals surface area contributed by atoms with E-state index in [1.165, 1.54) is 23.0 Å². The van der Waals surface area contributed by atoms with E-state index in [4.69, 9.17) is 5.11 Å². The average molecular weight is 299 g/mol. The van der Waals surface area contributed by atoms with Crippen LogP contribution in [-0.2, 0) is 7.05 Å². The first-order chi connectivity index (χ1) is 7.99. The van der Waals surface area contributed by atoms with Crippen LogP contribution in [0.1, 0.15) is 10.4 Å². The van der Waals surface area contributed by atoms with E-state index < -0.39 is 11.8 Å². The Morgan fingerprint density at radius 2 is 2.24 bits per heavy atom. The van der Waals surface area contributed by atoms with Gasteiger partial charge in [0.1, 0.15) is 17.1 Å². The van der Waals surface area contributed by atoms with Crippen LogP contribution in [0.15, 0.2) is 28.9 Å². The van der Waals surface area contributed by atoms with Crippen molar-refractivity contribution in [2.24, 2.45) is 7.05 Å². The molecule has 1 N–H and O–H groups in total. The zero-order valence-electron chi connectivity index (χ0n) is 8.82. The minimum Gasteiger partial charge on any atom is -0.478 e. The maximum atomic E-state index is 13.7. The lowest BCUT2D eigenvalue weighted by atomic mass is 10.1. The number of carboxylic acids is 1. The van der Waals surface area contributed by atoms with E-state index in [2.05, 4.69) is 21.0 Å². The van der Waals surface area contributed by atoms with E-state index in [0.717, 1.165) is 0 Å². The van der Waals surface area contributed by atoms with Crippen LogP contribution < -0.4 is 0 Å². The molecule has 0 fully saturated rings. The van der Waals surface area contributed by atoms with Gasteiger partial charge in [-0.25, -0.2) is 9.18 Å². The predicted molar refractivity (Wildman–Crippen MR) is 63.3 cm³/mol. The minimum absolute atomic E-state index is 0.0197. The molecule has 0 amide bonds. The Balaban J connectivity index is 2.63. The van der Waals surface area contributed by atoms with Gasteiger partial charge in [0.05, 0.1) is 0 Å². The first kappa shape index (κ1) is 11.8. The van der Waals surface area contributed by atoms with E-state index in [1.54, 1.807) is 13.1 Å². The van der Waals surface area contributed by atoms with E-state index in [-0.39, 0.29) is 16.8 Å². The van der Waals surface area contributed by atoms with E-state index in [9.17, 15) is 9.18 Å². The molecule has 0 bridgehead atoms. The summed E-state index contributed by atoms with van der Waals surface area (Å²) < 4.78 is 15.7. The minimum atomic E-state index is -1.13. The Morgan fingerprint density at radius 1 is 1.53 bits per heavy atom. The van der Waals surface area contributed by atoms with Crippen molar-refractivity contribution >= 4 is 21.9 Å². The van der Waals surface area contributed by atoms with Crippen molar-refractivity contribution in [2.75, 3.05) is 0 Å². The summed E-state index contributed by atoms with van der Waals surface area (Å²) in [4.78, 5) is 11.0. The molecular weight excluding hydrogens is 291 g/mol. The van der Waals surface area contributed by atoms with Crippen LogP contribution in [0, 0.1) is 5.82 Å². The topological polar surface area (TPSA) is 55.1 Å². The number of carboxylic acid groups (broad SMARTS) is 1. The van der Waals surface area contributed by atoms with Gasteiger partial charge in [0.2, 0.25) is 0 Å². The van der Waals surface area contributed by atoms with Gasteiger partial charge in [-0.1, -0.05) is 15.9 Å². The number of hydrogen-bond acceptors (Lipinski definition) is 2. The standard InChI is InChI=1S/C11H8BrFN2O2/c1-15-5-8(11(16)17)10(14-15)7-3-2-6(12)4-9(7)13/h2-5H,1H3,(H,16,17). The molecule has 2 rings (SSSR count). The third kappa shape index (κ3) is 2.21. The summed E-state index contributed by atoms with van der Waals surface area (Å²) in [7, 11) is 1.59. The number of aromatic carboxylic acids is 1. The van der Waals surface area contributed by atoms with Crippen LogP contribution in [0.5, 0.6) is 0 Å². The van der Waals surface area contributed by atoms with Crippen molar-refractivity contribution < 1.29 is 14.3 Å². The second kappa shape index (κ2) is 4.29. The zero-order valence-corrected chi connectivity index (χ0v) is 10.4. The van der Waals surface area contributed by atoms with Gasteiger partial charge in [0.15, 0.2) is 0 Å². The Bertz CT molecular complexity index is 595. The molecule has 4 nitrogen and oxygen atoms in total. The van der Waals surface area contributed by atoms with Crippen molar-refractivity contribution in [2.45, 2.75) is 0 Å². The van der Waals surface area contributed by atoms with Gasteiger partial charge in [-0.2, -0.15) is 5.10 Å². The number of benzene rings is 1. The van der Waals surface area contributed by atoms with Gasteiger partial charge in [0, 0.05) is 23.3 Å². The van der Waals surface area contributed by atoms with Gasteiger partial charge in [-0.15, -0.1) is 0 Å². The fourth-order valence-corrected chi connectivity index (χ4v) is 1.86. The number of halogens is 2. The average Bonchev–Trinajstić information content (AvgIpc) is 2.60. The predicted octanol–water partition coefficient (Wildman–Crippen LogP) is 2.69. The first-order valence-electron chi connectivity index (χ1n) is 4.71. The first-order valence-corrected chi connectivity index (χ1v) is 5.50. The smallest absolute Gasteiger partial charge is 0.339 e. The highest BCUT2D eigenvalue weighted by Crippen LogP contribution is 2.27. The molecule has 0 aliphatic rings. The maximum Gasteiger partial charge on any atom is 0.339 e. The number of carbonyl (C=O) groups is 1. The van der Waals surface area contributed by atoms with Crippen molar-refractivity contribution in [1.82, 2.24) is 9.78 Å². The second-order valence-electron chi connectivity index (χ2n) is 3.49. The molecule has 17 heavy (non-hydrogen) atoms. The SMILES string of the molecule is Cn1cc(C(=O)O)c(-c2ccc(Br)cc2F)n1.